The van der Waals surface area contributed by atoms with Crippen molar-refractivity contribution in [1.29, 1.82) is 0 Å². The first-order valence-electron chi connectivity index (χ1n) is 13.0. The van der Waals surface area contributed by atoms with E-state index in [9.17, 15) is 9.59 Å². The molecule has 11 heteroatoms. The van der Waals surface area contributed by atoms with Crippen LogP contribution in [-0.2, 0) is 16.8 Å². The van der Waals surface area contributed by atoms with Gasteiger partial charge >= 0.3 is 0 Å². The predicted octanol–water partition coefficient (Wildman–Crippen LogP) is 5.22. The Morgan fingerprint density at radius 3 is 2.58 bits per heavy atom. The average Bonchev–Trinajstić information content (AvgIpc) is 3.56. The number of amides is 2. The molecule has 1 saturated carbocycles. The van der Waals surface area contributed by atoms with Crippen LogP contribution in [0.4, 0.5) is 5.82 Å². The zero-order chi connectivity index (χ0) is 27.2. The fraction of sp³-hybridized carbons (Fsp3) is 0.481. The SMILES string of the molecule is C=CC(=O)N1CC(NC(=O)c2c(Cl)nc(CNc3n[nH]c4cc(Cl)c(C(C)(C)C)cc34)n2C2CCCC2)C1. The van der Waals surface area contributed by atoms with Crippen molar-refractivity contribution in [2.45, 2.75) is 70.5 Å². The molecule has 5 rings (SSSR count). The molecule has 3 N–H and O–H groups in total. The minimum Gasteiger partial charge on any atom is -0.361 e. The van der Waals surface area contributed by atoms with Crippen LogP contribution in [0.1, 0.15) is 74.4 Å². The predicted molar refractivity (Wildman–Crippen MR) is 150 cm³/mol. The number of anilines is 1. The molecule has 202 valence electrons. The minimum atomic E-state index is -0.272. The van der Waals surface area contributed by atoms with Gasteiger partial charge in [-0.15, -0.1) is 0 Å². The lowest BCUT2D eigenvalue weighted by Gasteiger charge is -2.39. The lowest BCUT2D eigenvalue weighted by molar-refractivity contribution is -0.130. The van der Waals surface area contributed by atoms with Gasteiger partial charge in [-0.1, -0.05) is 63.4 Å². The molecule has 1 aliphatic carbocycles. The second kappa shape index (κ2) is 10.3. The zero-order valence-corrected chi connectivity index (χ0v) is 23.4. The van der Waals surface area contributed by atoms with E-state index >= 15 is 0 Å². The van der Waals surface area contributed by atoms with Gasteiger partial charge in [-0.3, -0.25) is 14.7 Å². The van der Waals surface area contributed by atoms with E-state index in [4.69, 9.17) is 23.2 Å². The maximum absolute atomic E-state index is 13.3. The Morgan fingerprint density at radius 1 is 1.21 bits per heavy atom. The number of hydrogen-bond acceptors (Lipinski definition) is 5. The fourth-order valence-electron chi connectivity index (χ4n) is 5.38. The third-order valence-electron chi connectivity index (χ3n) is 7.42. The summed E-state index contributed by atoms with van der Waals surface area (Å²) in [6.45, 7) is 11.1. The lowest BCUT2D eigenvalue weighted by atomic mass is 9.86. The molecule has 2 aromatic heterocycles. The van der Waals surface area contributed by atoms with E-state index in [2.05, 4.69) is 59.2 Å². The van der Waals surface area contributed by atoms with Crippen molar-refractivity contribution in [3.63, 3.8) is 0 Å². The van der Waals surface area contributed by atoms with E-state index in [1.807, 2.05) is 10.6 Å². The highest BCUT2D eigenvalue weighted by molar-refractivity contribution is 6.32. The van der Waals surface area contributed by atoms with Crippen LogP contribution in [0.2, 0.25) is 10.2 Å². The highest BCUT2D eigenvalue weighted by atomic mass is 35.5. The van der Waals surface area contributed by atoms with Crippen LogP contribution in [0.25, 0.3) is 10.9 Å². The molecule has 2 fully saturated rings. The van der Waals surface area contributed by atoms with Crippen LogP contribution in [0, 0.1) is 0 Å². The number of H-pyrrole nitrogens is 1. The number of fused-ring (bicyclic) bond motifs is 1. The van der Waals surface area contributed by atoms with Gasteiger partial charge in [0.15, 0.2) is 11.0 Å². The van der Waals surface area contributed by atoms with Crippen LogP contribution in [-0.4, -0.2) is 55.6 Å². The molecule has 3 heterocycles. The number of nitrogens with zero attached hydrogens (tertiary/aromatic N) is 4. The van der Waals surface area contributed by atoms with Crippen molar-refractivity contribution >= 4 is 51.7 Å². The number of nitrogens with one attached hydrogen (secondary N) is 3. The number of aromatic amines is 1. The van der Waals surface area contributed by atoms with E-state index in [1.54, 1.807) is 4.90 Å². The number of halogens is 2. The minimum absolute atomic E-state index is 0.120. The third-order valence-corrected chi connectivity index (χ3v) is 8.00. The molecule has 0 atom stereocenters. The molecule has 2 aliphatic rings. The summed E-state index contributed by atoms with van der Waals surface area (Å²) in [5, 5.41) is 15.7. The maximum atomic E-state index is 13.3. The van der Waals surface area contributed by atoms with E-state index in [1.165, 1.54) is 6.08 Å². The van der Waals surface area contributed by atoms with E-state index in [-0.39, 0.29) is 34.5 Å². The molecule has 1 aromatic carbocycles. The largest absolute Gasteiger partial charge is 0.361 e. The number of likely N-dealkylation sites (tertiary alicyclic amines) is 1. The second-order valence-electron chi connectivity index (χ2n) is 11.1. The van der Waals surface area contributed by atoms with Crippen molar-refractivity contribution < 1.29 is 9.59 Å². The lowest BCUT2D eigenvalue weighted by Crippen LogP contribution is -2.60. The first-order chi connectivity index (χ1) is 18.1. The summed E-state index contributed by atoms with van der Waals surface area (Å²) in [5.74, 6) is 0.962. The average molecular weight is 559 g/mol. The number of benzene rings is 1. The number of imidazole rings is 1. The summed E-state index contributed by atoms with van der Waals surface area (Å²) in [5.41, 5.74) is 2.13. The molecule has 9 nitrogen and oxygen atoms in total. The molecule has 1 saturated heterocycles. The Bertz CT molecular complexity index is 1390. The highest BCUT2D eigenvalue weighted by Crippen LogP contribution is 2.36. The molecule has 0 radical (unpaired) electrons. The van der Waals surface area contributed by atoms with Gasteiger partial charge in [0.1, 0.15) is 11.5 Å². The van der Waals surface area contributed by atoms with Gasteiger partial charge in [-0.25, -0.2) is 4.98 Å². The second-order valence-corrected chi connectivity index (χ2v) is 11.9. The number of carbonyl (C=O) groups excluding carboxylic acids is 2. The van der Waals surface area contributed by atoms with Crippen molar-refractivity contribution in [2.75, 3.05) is 18.4 Å². The summed E-state index contributed by atoms with van der Waals surface area (Å²) in [7, 11) is 0. The third kappa shape index (κ3) is 5.01. The topological polar surface area (TPSA) is 108 Å². The number of carbonyl (C=O) groups is 2. The van der Waals surface area contributed by atoms with Crippen LogP contribution in [0.5, 0.6) is 0 Å². The molecule has 1 aliphatic heterocycles. The summed E-state index contributed by atoms with van der Waals surface area (Å²) in [6, 6.07) is 3.99. The molecule has 0 spiro atoms. The number of rotatable bonds is 7. The Labute approximate surface area is 231 Å². The normalized spacial score (nSPS) is 16.6. The van der Waals surface area contributed by atoms with Gasteiger partial charge in [0.2, 0.25) is 5.91 Å². The quantitative estimate of drug-likeness (QED) is 0.345. The van der Waals surface area contributed by atoms with E-state index in [0.29, 0.717) is 42.0 Å². The monoisotopic (exact) mass is 557 g/mol. The summed E-state index contributed by atoms with van der Waals surface area (Å²) in [6.07, 6.45) is 5.39. The van der Waals surface area contributed by atoms with Gasteiger partial charge in [-0.2, -0.15) is 5.10 Å². The van der Waals surface area contributed by atoms with Crippen molar-refractivity contribution in [3.8, 4) is 0 Å². The Kier molecular flexibility index (Phi) is 7.17. The van der Waals surface area contributed by atoms with Crippen molar-refractivity contribution in [3.05, 3.63) is 52.0 Å². The van der Waals surface area contributed by atoms with Crippen LogP contribution in [0.15, 0.2) is 24.8 Å². The van der Waals surface area contributed by atoms with E-state index in [0.717, 1.165) is 42.1 Å². The number of hydrogen-bond donors (Lipinski definition) is 3. The Balaban J connectivity index is 1.39. The standard InChI is InChI=1S/C27H33Cl2N7O2/c1-5-22(37)35-13-15(14-35)31-26(38)23-24(29)32-21(36(23)16-8-6-7-9-16)12-30-25-17-10-18(27(2,3)4)19(28)11-20(17)33-34-25/h5,10-11,15-16H,1,6-9,12-14H2,2-4H3,(H,31,38)(H2,30,33,34). The first-order valence-corrected chi connectivity index (χ1v) is 13.7. The molecular weight excluding hydrogens is 525 g/mol. The Hall–Kier alpha value is -3.04. The van der Waals surface area contributed by atoms with Gasteiger partial charge in [0.05, 0.1) is 18.1 Å². The van der Waals surface area contributed by atoms with Crippen molar-refractivity contribution in [2.24, 2.45) is 0 Å². The van der Waals surface area contributed by atoms with Gasteiger partial charge in [-0.05, 0) is 42.0 Å². The molecule has 2 amide bonds. The van der Waals surface area contributed by atoms with Crippen molar-refractivity contribution in [1.82, 2.24) is 30.0 Å². The van der Waals surface area contributed by atoms with Crippen LogP contribution in [0.3, 0.4) is 0 Å². The van der Waals surface area contributed by atoms with Crippen LogP contribution >= 0.6 is 23.2 Å². The molecule has 0 unspecified atom stereocenters. The summed E-state index contributed by atoms with van der Waals surface area (Å²) in [4.78, 5) is 31.3. The zero-order valence-electron chi connectivity index (χ0n) is 21.9. The molecule has 0 bridgehead atoms. The van der Waals surface area contributed by atoms with Crippen LogP contribution < -0.4 is 10.6 Å². The van der Waals surface area contributed by atoms with Gasteiger partial charge in [0.25, 0.3) is 5.91 Å². The maximum Gasteiger partial charge on any atom is 0.271 e. The fourth-order valence-corrected chi connectivity index (χ4v) is 6.10. The van der Waals surface area contributed by atoms with Gasteiger partial charge in [0, 0.05) is 29.5 Å². The van der Waals surface area contributed by atoms with E-state index < -0.39 is 0 Å². The Morgan fingerprint density at radius 2 is 1.92 bits per heavy atom. The highest BCUT2D eigenvalue weighted by Gasteiger charge is 2.34. The summed E-state index contributed by atoms with van der Waals surface area (Å²) >= 11 is 13.1. The smallest absolute Gasteiger partial charge is 0.271 e. The molecular formula is C27H33Cl2N7O2. The van der Waals surface area contributed by atoms with Gasteiger partial charge < -0.3 is 20.1 Å². The molecule has 3 aromatic rings. The molecule has 38 heavy (non-hydrogen) atoms. The number of aromatic nitrogens is 4. The summed E-state index contributed by atoms with van der Waals surface area (Å²) < 4.78 is 2.00. The first kappa shape index (κ1) is 26.6.